The first-order chi connectivity index (χ1) is 7.77. The zero-order valence-electron chi connectivity index (χ0n) is 8.77. The van der Waals surface area contributed by atoms with Crippen LogP contribution < -0.4 is 0 Å². The van der Waals surface area contributed by atoms with Crippen molar-refractivity contribution in [2.45, 2.75) is 0 Å². The SMILES string of the molecule is COC(=O)c1cc(C=O)c2cccccc1-2. The second-order valence-electron chi connectivity index (χ2n) is 3.36. The molecule has 2 aliphatic carbocycles. The number of ether oxygens (including phenoxy) is 1. The van der Waals surface area contributed by atoms with Gasteiger partial charge in [0.15, 0.2) is 6.29 Å². The first kappa shape index (κ1) is 10.4. The summed E-state index contributed by atoms with van der Waals surface area (Å²) >= 11 is 0. The highest BCUT2D eigenvalue weighted by Gasteiger charge is 2.19. The lowest BCUT2D eigenvalue weighted by molar-refractivity contribution is 0.0602. The minimum absolute atomic E-state index is 0.427. The molecule has 0 aliphatic heterocycles. The van der Waals surface area contributed by atoms with Gasteiger partial charge in [-0.1, -0.05) is 30.3 Å². The molecule has 0 saturated heterocycles. The van der Waals surface area contributed by atoms with Gasteiger partial charge in [0, 0.05) is 5.56 Å². The van der Waals surface area contributed by atoms with E-state index in [1.54, 1.807) is 12.1 Å². The van der Waals surface area contributed by atoms with E-state index in [0.717, 1.165) is 17.4 Å². The Labute approximate surface area is 93.0 Å². The molecule has 0 fully saturated rings. The quantitative estimate of drug-likeness (QED) is 0.569. The van der Waals surface area contributed by atoms with Crippen LogP contribution in [-0.2, 0) is 4.74 Å². The van der Waals surface area contributed by atoms with E-state index in [0.29, 0.717) is 11.1 Å². The van der Waals surface area contributed by atoms with E-state index in [1.807, 2.05) is 24.3 Å². The van der Waals surface area contributed by atoms with Crippen LogP contribution in [-0.4, -0.2) is 19.4 Å². The molecule has 0 atom stereocenters. The maximum Gasteiger partial charge on any atom is 0.338 e. The van der Waals surface area contributed by atoms with Gasteiger partial charge < -0.3 is 4.74 Å². The van der Waals surface area contributed by atoms with Crippen LogP contribution >= 0.6 is 0 Å². The Balaban J connectivity index is 2.70. The van der Waals surface area contributed by atoms with Gasteiger partial charge in [-0.15, -0.1) is 0 Å². The Morgan fingerprint density at radius 3 is 2.50 bits per heavy atom. The molecular weight excluding hydrogens is 204 g/mol. The van der Waals surface area contributed by atoms with E-state index in [9.17, 15) is 9.59 Å². The number of aldehydes is 1. The van der Waals surface area contributed by atoms with Gasteiger partial charge >= 0.3 is 5.97 Å². The Hall–Kier alpha value is -2.16. The van der Waals surface area contributed by atoms with Crippen LogP contribution in [0.3, 0.4) is 0 Å². The molecule has 0 N–H and O–H groups in total. The number of methoxy groups -OCH3 is 1. The van der Waals surface area contributed by atoms with Crippen molar-refractivity contribution in [3.8, 4) is 11.1 Å². The van der Waals surface area contributed by atoms with E-state index < -0.39 is 5.97 Å². The maximum atomic E-state index is 11.5. The molecule has 0 amide bonds. The zero-order valence-corrected chi connectivity index (χ0v) is 8.77. The molecule has 3 nitrogen and oxygen atoms in total. The lowest BCUT2D eigenvalue weighted by atomic mass is 10.1. The number of fused-ring (bicyclic) bond motifs is 1. The molecule has 0 aromatic carbocycles. The molecule has 0 radical (unpaired) electrons. The van der Waals surface area contributed by atoms with Crippen molar-refractivity contribution < 1.29 is 14.3 Å². The monoisotopic (exact) mass is 214 g/mol. The van der Waals surface area contributed by atoms with Crippen molar-refractivity contribution in [2.24, 2.45) is 0 Å². The number of hydrogen-bond acceptors (Lipinski definition) is 3. The average Bonchev–Trinajstić information content (AvgIpc) is 2.50. The Bertz CT molecular complexity index is 517. The third kappa shape index (κ3) is 1.56. The minimum atomic E-state index is -0.427. The summed E-state index contributed by atoms with van der Waals surface area (Å²) in [6.07, 6.45) is 0.745. The fourth-order valence-electron chi connectivity index (χ4n) is 1.72. The summed E-state index contributed by atoms with van der Waals surface area (Å²) in [5.74, 6) is -0.427. The Morgan fingerprint density at radius 1 is 1.19 bits per heavy atom. The predicted molar refractivity (Wildman–Crippen MR) is 59.8 cm³/mol. The van der Waals surface area contributed by atoms with Crippen LogP contribution in [0.15, 0.2) is 36.4 Å². The molecule has 0 saturated carbocycles. The second-order valence-corrected chi connectivity index (χ2v) is 3.36. The van der Waals surface area contributed by atoms with Crippen LogP contribution in [0, 0.1) is 0 Å². The number of carbonyl (C=O) groups excluding carboxylic acids is 2. The second kappa shape index (κ2) is 4.14. The third-order valence-corrected chi connectivity index (χ3v) is 2.47. The fourth-order valence-corrected chi connectivity index (χ4v) is 1.72. The molecule has 2 rings (SSSR count). The summed E-state index contributed by atoms with van der Waals surface area (Å²) in [5, 5.41) is 0. The smallest absolute Gasteiger partial charge is 0.338 e. The molecule has 0 unspecified atom stereocenters. The standard InChI is InChI=1S/C13H10O3/c1-16-13(15)12-7-9(8-14)10-5-3-2-4-6-11(10)12/h2-8H,1H3. The van der Waals surface area contributed by atoms with E-state index in [1.165, 1.54) is 7.11 Å². The van der Waals surface area contributed by atoms with E-state index in [-0.39, 0.29) is 0 Å². The molecule has 0 spiro atoms. The van der Waals surface area contributed by atoms with Crippen molar-refractivity contribution >= 4 is 12.3 Å². The molecule has 80 valence electrons. The van der Waals surface area contributed by atoms with Gasteiger partial charge in [0.25, 0.3) is 0 Å². The molecule has 0 heterocycles. The molecule has 0 bridgehead atoms. The lowest BCUT2D eigenvalue weighted by Gasteiger charge is -1.98. The molecule has 0 aromatic rings. The van der Waals surface area contributed by atoms with Gasteiger partial charge in [-0.2, -0.15) is 0 Å². The van der Waals surface area contributed by atoms with Crippen molar-refractivity contribution in [1.82, 2.24) is 0 Å². The Kier molecular flexibility index (Phi) is 2.68. The summed E-state index contributed by atoms with van der Waals surface area (Å²) in [7, 11) is 1.32. The summed E-state index contributed by atoms with van der Waals surface area (Å²) < 4.78 is 4.68. The van der Waals surface area contributed by atoms with Gasteiger partial charge in [-0.05, 0) is 17.2 Å². The summed E-state index contributed by atoms with van der Waals surface area (Å²) in [6, 6.07) is 10.7. The highest BCUT2D eigenvalue weighted by molar-refractivity contribution is 6.04. The maximum absolute atomic E-state index is 11.5. The van der Waals surface area contributed by atoms with Gasteiger partial charge in [0.05, 0.1) is 12.7 Å². The molecule has 16 heavy (non-hydrogen) atoms. The van der Waals surface area contributed by atoms with E-state index in [4.69, 9.17) is 0 Å². The third-order valence-electron chi connectivity index (χ3n) is 2.47. The summed E-state index contributed by atoms with van der Waals surface area (Å²) in [6.45, 7) is 0. The normalized spacial score (nSPS) is 10.1. The summed E-state index contributed by atoms with van der Waals surface area (Å²) in [5.41, 5.74) is 2.43. The number of rotatable bonds is 2. The predicted octanol–water partition coefficient (Wildman–Crippen LogP) is 2.39. The summed E-state index contributed by atoms with van der Waals surface area (Å²) in [4.78, 5) is 22.4. The van der Waals surface area contributed by atoms with Crippen LogP contribution in [0.2, 0.25) is 0 Å². The van der Waals surface area contributed by atoms with Crippen LogP contribution in [0.4, 0.5) is 0 Å². The van der Waals surface area contributed by atoms with Gasteiger partial charge in [0.2, 0.25) is 0 Å². The van der Waals surface area contributed by atoms with Crippen molar-refractivity contribution in [3.05, 3.63) is 47.5 Å². The van der Waals surface area contributed by atoms with Gasteiger partial charge in [-0.3, -0.25) is 4.79 Å². The molecular formula is C13H10O3. The molecule has 3 heteroatoms. The highest BCUT2D eigenvalue weighted by Crippen LogP contribution is 2.31. The van der Waals surface area contributed by atoms with Crippen LogP contribution in [0.25, 0.3) is 11.1 Å². The largest absolute Gasteiger partial charge is 0.465 e. The van der Waals surface area contributed by atoms with Crippen molar-refractivity contribution in [2.75, 3.05) is 7.11 Å². The van der Waals surface area contributed by atoms with E-state index in [2.05, 4.69) is 4.74 Å². The number of carbonyl (C=O) groups is 2. The first-order valence-electron chi connectivity index (χ1n) is 4.83. The number of esters is 1. The molecule has 2 aliphatic rings. The minimum Gasteiger partial charge on any atom is -0.465 e. The van der Waals surface area contributed by atoms with Gasteiger partial charge in [0.1, 0.15) is 0 Å². The lowest BCUT2D eigenvalue weighted by Crippen LogP contribution is -1.99. The van der Waals surface area contributed by atoms with Crippen LogP contribution in [0.1, 0.15) is 20.7 Å². The van der Waals surface area contributed by atoms with Crippen molar-refractivity contribution in [1.29, 1.82) is 0 Å². The zero-order chi connectivity index (χ0) is 11.5. The highest BCUT2D eigenvalue weighted by atomic mass is 16.5. The molecule has 0 aromatic heterocycles. The Morgan fingerprint density at radius 2 is 1.88 bits per heavy atom. The fraction of sp³-hybridized carbons (Fsp3) is 0.0769. The number of hydrogen-bond donors (Lipinski definition) is 0. The average molecular weight is 214 g/mol. The van der Waals surface area contributed by atoms with Crippen molar-refractivity contribution in [3.63, 3.8) is 0 Å². The van der Waals surface area contributed by atoms with E-state index >= 15 is 0 Å². The first-order valence-corrected chi connectivity index (χ1v) is 4.83. The topological polar surface area (TPSA) is 43.4 Å². The van der Waals surface area contributed by atoms with Crippen LogP contribution in [0.5, 0.6) is 0 Å². The van der Waals surface area contributed by atoms with Gasteiger partial charge in [-0.25, -0.2) is 4.79 Å².